The van der Waals surface area contributed by atoms with Crippen molar-refractivity contribution in [2.24, 2.45) is 0 Å². The lowest BCUT2D eigenvalue weighted by Gasteiger charge is -2.16. The van der Waals surface area contributed by atoms with Crippen molar-refractivity contribution in [1.82, 2.24) is 9.55 Å². The molecule has 0 radical (unpaired) electrons. The van der Waals surface area contributed by atoms with Gasteiger partial charge in [0.15, 0.2) is 0 Å². The van der Waals surface area contributed by atoms with Crippen molar-refractivity contribution < 1.29 is 28.2 Å². The van der Waals surface area contributed by atoms with E-state index in [1.54, 1.807) is 42.5 Å². The summed E-state index contributed by atoms with van der Waals surface area (Å²) in [6.45, 7) is -0.310. The average molecular weight is 467 g/mol. The topological polar surface area (TPSA) is 109 Å². The predicted octanol–water partition coefficient (Wildman–Crippen LogP) is 2.99. The van der Waals surface area contributed by atoms with Gasteiger partial charge in [0.05, 0.1) is 12.7 Å². The highest BCUT2D eigenvalue weighted by Gasteiger charge is 2.38. The molecule has 2 heterocycles. The first-order chi connectivity index (χ1) is 16.4. The van der Waals surface area contributed by atoms with Crippen molar-refractivity contribution in [1.29, 1.82) is 0 Å². The van der Waals surface area contributed by atoms with Gasteiger partial charge in [0.1, 0.15) is 36.7 Å². The largest absolute Gasteiger partial charge is 0.497 e. The van der Waals surface area contributed by atoms with Crippen LogP contribution in [-0.2, 0) is 9.47 Å². The normalized spacial score (nSPS) is 19.4. The minimum absolute atomic E-state index is 0.0647. The average Bonchev–Trinajstić information content (AvgIpc) is 3.23. The molecule has 0 saturated carbocycles. The number of hydrogen-bond donors (Lipinski definition) is 1. The fraction of sp³-hybridized carbons (Fsp3) is 0.250. The van der Waals surface area contributed by atoms with Crippen LogP contribution in [0.1, 0.15) is 33.4 Å². The molecule has 0 aliphatic carbocycles. The van der Waals surface area contributed by atoms with Crippen LogP contribution in [0.4, 0.5) is 10.2 Å². The van der Waals surface area contributed by atoms with Crippen molar-refractivity contribution in [2.75, 3.05) is 19.0 Å². The van der Waals surface area contributed by atoms with Gasteiger partial charge in [-0.1, -0.05) is 18.2 Å². The summed E-state index contributed by atoms with van der Waals surface area (Å²) >= 11 is 0. The zero-order valence-corrected chi connectivity index (χ0v) is 18.2. The molecular formula is C24H22FN3O6. The molecule has 0 bridgehead atoms. The second kappa shape index (κ2) is 10.3. The summed E-state index contributed by atoms with van der Waals surface area (Å²) in [6, 6.07) is 16.2. The molecule has 0 unspecified atom stereocenters. The van der Waals surface area contributed by atoms with E-state index in [0.29, 0.717) is 16.9 Å². The number of ether oxygens (including phenoxy) is 3. The molecule has 0 spiro atoms. The molecule has 4 rings (SSSR count). The Balaban J connectivity index is 1.35. The standard InChI is InChI=1S/C24H22FN3O6/c1-32-17-9-7-16(8-10-17)23(30)33-14-19-18(25)13-21(34-19)28-12-11-20(27-24(28)31)26-22(29)15-5-3-2-4-6-15/h2-12,18-19,21H,13-14H2,1H3,(H,26,27,29,31)/t18-,19+,21+/m0/s1. The Morgan fingerprint density at radius 3 is 2.53 bits per heavy atom. The van der Waals surface area contributed by atoms with Gasteiger partial charge < -0.3 is 19.5 Å². The summed E-state index contributed by atoms with van der Waals surface area (Å²) in [5, 5.41) is 2.55. The first-order valence-corrected chi connectivity index (χ1v) is 10.5. The van der Waals surface area contributed by atoms with E-state index in [-0.39, 0.29) is 18.8 Å². The minimum Gasteiger partial charge on any atom is -0.497 e. The summed E-state index contributed by atoms with van der Waals surface area (Å²) in [4.78, 5) is 40.7. The van der Waals surface area contributed by atoms with Crippen LogP contribution in [0.3, 0.4) is 0 Å². The highest BCUT2D eigenvalue weighted by Crippen LogP contribution is 2.30. The molecule has 1 aliphatic heterocycles. The van der Waals surface area contributed by atoms with Crippen LogP contribution >= 0.6 is 0 Å². The van der Waals surface area contributed by atoms with Gasteiger partial charge in [-0.15, -0.1) is 0 Å². The predicted molar refractivity (Wildman–Crippen MR) is 120 cm³/mol. The third kappa shape index (κ3) is 5.29. The maximum absolute atomic E-state index is 14.5. The van der Waals surface area contributed by atoms with E-state index in [1.807, 2.05) is 0 Å². The zero-order chi connectivity index (χ0) is 24.1. The van der Waals surface area contributed by atoms with Crippen LogP contribution in [-0.4, -0.2) is 47.4 Å². The summed E-state index contributed by atoms with van der Waals surface area (Å²) in [6.07, 6.45) is -2.13. The molecule has 1 aromatic heterocycles. The van der Waals surface area contributed by atoms with Crippen LogP contribution in [0.15, 0.2) is 71.7 Å². The van der Waals surface area contributed by atoms with Crippen LogP contribution in [0.25, 0.3) is 0 Å². The van der Waals surface area contributed by atoms with Crippen molar-refractivity contribution in [2.45, 2.75) is 24.9 Å². The Labute approximate surface area is 194 Å². The number of anilines is 1. The van der Waals surface area contributed by atoms with Crippen LogP contribution in [0.5, 0.6) is 5.75 Å². The van der Waals surface area contributed by atoms with E-state index in [4.69, 9.17) is 14.2 Å². The maximum atomic E-state index is 14.5. The molecule has 3 atom stereocenters. The Bertz CT molecular complexity index is 1220. The SMILES string of the molecule is COc1ccc(C(=O)OC[C@H]2O[C@@H](n3ccc(NC(=O)c4ccccc4)nc3=O)C[C@@H]2F)cc1. The number of benzene rings is 2. The van der Waals surface area contributed by atoms with Crippen molar-refractivity contribution in [3.8, 4) is 5.75 Å². The second-order valence-electron chi connectivity index (χ2n) is 7.53. The molecule has 1 N–H and O–H groups in total. The molecule has 1 amide bonds. The molecule has 176 valence electrons. The zero-order valence-electron chi connectivity index (χ0n) is 18.2. The molecule has 1 saturated heterocycles. The third-order valence-corrected chi connectivity index (χ3v) is 5.28. The summed E-state index contributed by atoms with van der Waals surface area (Å²) in [5.74, 6) is -0.383. The van der Waals surface area contributed by atoms with Crippen LogP contribution < -0.4 is 15.7 Å². The number of rotatable bonds is 7. The Hall–Kier alpha value is -4.05. The fourth-order valence-electron chi connectivity index (χ4n) is 3.46. The summed E-state index contributed by atoms with van der Waals surface area (Å²) in [7, 11) is 1.51. The minimum atomic E-state index is -1.45. The molecule has 1 aliphatic rings. The first-order valence-electron chi connectivity index (χ1n) is 10.5. The highest BCUT2D eigenvalue weighted by atomic mass is 19.1. The Morgan fingerprint density at radius 1 is 1.12 bits per heavy atom. The molecular weight excluding hydrogens is 445 g/mol. The van der Waals surface area contributed by atoms with Gasteiger partial charge in [-0.2, -0.15) is 4.98 Å². The van der Waals surface area contributed by atoms with Crippen molar-refractivity contribution in [3.63, 3.8) is 0 Å². The molecule has 10 heteroatoms. The molecule has 2 aromatic carbocycles. The number of hydrogen-bond acceptors (Lipinski definition) is 7. The maximum Gasteiger partial charge on any atom is 0.351 e. The van der Waals surface area contributed by atoms with Crippen molar-refractivity contribution >= 4 is 17.7 Å². The first kappa shape index (κ1) is 23.1. The third-order valence-electron chi connectivity index (χ3n) is 5.28. The number of nitrogens with one attached hydrogen (secondary N) is 1. The Morgan fingerprint density at radius 2 is 1.85 bits per heavy atom. The number of amides is 1. The number of carbonyl (C=O) groups is 2. The quantitative estimate of drug-likeness (QED) is 0.532. The molecule has 1 fully saturated rings. The lowest BCUT2D eigenvalue weighted by atomic mass is 10.2. The summed E-state index contributed by atoms with van der Waals surface area (Å²) < 4.78 is 31.5. The van der Waals surface area contributed by atoms with E-state index in [1.165, 1.54) is 31.5 Å². The van der Waals surface area contributed by atoms with E-state index in [2.05, 4.69) is 10.3 Å². The number of methoxy groups -OCH3 is 1. The van der Waals surface area contributed by atoms with E-state index >= 15 is 0 Å². The van der Waals surface area contributed by atoms with E-state index in [0.717, 1.165) is 4.57 Å². The number of alkyl halides is 1. The van der Waals surface area contributed by atoms with Gasteiger partial charge in [0.25, 0.3) is 5.91 Å². The fourth-order valence-corrected chi connectivity index (χ4v) is 3.46. The van der Waals surface area contributed by atoms with Crippen LogP contribution in [0, 0.1) is 0 Å². The van der Waals surface area contributed by atoms with Gasteiger partial charge in [0, 0.05) is 18.2 Å². The number of halogens is 1. The summed E-state index contributed by atoms with van der Waals surface area (Å²) in [5.41, 5.74) is -0.00171. The highest BCUT2D eigenvalue weighted by molar-refractivity contribution is 6.03. The lowest BCUT2D eigenvalue weighted by molar-refractivity contribution is -0.0439. The smallest absolute Gasteiger partial charge is 0.351 e. The van der Waals surface area contributed by atoms with E-state index < -0.39 is 36.1 Å². The van der Waals surface area contributed by atoms with Crippen LogP contribution in [0.2, 0.25) is 0 Å². The number of aromatic nitrogens is 2. The van der Waals surface area contributed by atoms with E-state index in [9.17, 15) is 18.8 Å². The number of nitrogens with zero attached hydrogens (tertiary/aromatic N) is 2. The van der Waals surface area contributed by atoms with Crippen molar-refractivity contribution in [3.05, 3.63) is 88.5 Å². The number of carbonyl (C=O) groups excluding carboxylic acids is 2. The molecule has 9 nitrogen and oxygen atoms in total. The molecule has 34 heavy (non-hydrogen) atoms. The monoisotopic (exact) mass is 467 g/mol. The molecule has 3 aromatic rings. The van der Waals surface area contributed by atoms with Gasteiger partial charge in [-0.3, -0.25) is 9.36 Å². The van der Waals surface area contributed by atoms with Gasteiger partial charge >= 0.3 is 11.7 Å². The second-order valence-corrected chi connectivity index (χ2v) is 7.53. The van der Waals surface area contributed by atoms with Gasteiger partial charge in [0.2, 0.25) is 0 Å². The van der Waals surface area contributed by atoms with Gasteiger partial charge in [-0.05, 0) is 42.5 Å². The number of esters is 1. The Kier molecular flexibility index (Phi) is 6.98. The lowest BCUT2D eigenvalue weighted by Crippen LogP contribution is -2.29. The van der Waals surface area contributed by atoms with Gasteiger partial charge in [-0.25, -0.2) is 14.0 Å².